The molecule has 3 unspecified atom stereocenters. The zero-order chi connectivity index (χ0) is 10.7. The Bertz CT molecular complexity index is 296. The van der Waals surface area contributed by atoms with Crippen LogP contribution < -0.4 is 5.73 Å². The van der Waals surface area contributed by atoms with E-state index in [-0.39, 0.29) is 6.04 Å². The molecule has 1 aliphatic heterocycles. The van der Waals surface area contributed by atoms with Crippen LogP contribution in [0.5, 0.6) is 0 Å². The standard InChI is InChI=1S/C12H18N2O/c1-9(10-2-5-14-6-3-10)12(13)11-4-7-15-8-11/h2-3,5-6,9,11-12H,4,7-8,13H2,1H3. The minimum Gasteiger partial charge on any atom is -0.381 e. The maximum Gasteiger partial charge on any atom is 0.0510 e. The first-order valence-electron chi connectivity index (χ1n) is 5.52. The predicted octanol–water partition coefficient (Wildman–Crippen LogP) is 1.55. The molecule has 0 radical (unpaired) electrons. The summed E-state index contributed by atoms with van der Waals surface area (Å²) < 4.78 is 5.37. The fraction of sp³-hybridized carbons (Fsp3) is 0.583. The van der Waals surface area contributed by atoms with Gasteiger partial charge in [-0.15, -0.1) is 0 Å². The largest absolute Gasteiger partial charge is 0.381 e. The summed E-state index contributed by atoms with van der Waals surface area (Å²) in [4.78, 5) is 4.02. The average molecular weight is 206 g/mol. The highest BCUT2D eigenvalue weighted by atomic mass is 16.5. The molecular weight excluding hydrogens is 188 g/mol. The Morgan fingerprint density at radius 2 is 2.20 bits per heavy atom. The molecule has 1 aliphatic rings. The van der Waals surface area contributed by atoms with Crippen LogP contribution in [0.1, 0.15) is 24.8 Å². The Hall–Kier alpha value is -0.930. The van der Waals surface area contributed by atoms with Gasteiger partial charge >= 0.3 is 0 Å². The fourth-order valence-corrected chi connectivity index (χ4v) is 2.15. The van der Waals surface area contributed by atoms with Gasteiger partial charge in [-0.3, -0.25) is 4.98 Å². The zero-order valence-corrected chi connectivity index (χ0v) is 9.10. The first kappa shape index (κ1) is 10.6. The van der Waals surface area contributed by atoms with Crippen molar-refractivity contribution in [3.8, 4) is 0 Å². The second kappa shape index (κ2) is 4.73. The van der Waals surface area contributed by atoms with Crippen molar-refractivity contribution in [1.29, 1.82) is 0 Å². The van der Waals surface area contributed by atoms with Gasteiger partial charge in [-0.05, 0) is 30.0 Å². The normalized spacial score (nSPS) is 25.1. The zero-order valence-electron chi connectivity index (χ0n) is 9.10. The van der Waals surface area contributed by atoms with E-state index in [2.05, 4.69) is 11.9 Å². The van der Waals surface area contributed by atoms with Gasteiger partial charge in [0.15, 0.2) is 0 Å². The highest BCUT2D eigenvalue weighted by molar-refractivity contribution is 5.17. The quantitative estimate of drug-likeness (QED) is 0.816. The number of aromatic nitrogens is 1. The van der Waals surface area contributed by atoms with Crippen molar-refractivity contribution >= 4 is 0 Å². The third kappa shape index (κ3) is 2.36. The second-order valence-electron chi connectivity index (χ2n) is 4.27. The van der Waals surface area contributed by atoms with E-state index in [0.29, 0.717) is 11.8 Å². The van der Waals surface area contributed by atoms with Crippen LogP contribution in [-0.2, 0) is 4.74 Å². The predicted molar refractivity (Wildman–Crippen MR) is 59.6 cm³/mol. The first-order chi connectivity index (χ1) is 7.29. The lowest BCUT2D eigenvalue weighted by atomic mass is 9.85. The van der Waals surface area contributed by atoms with Crippen LogP contribution in [0.3, 0.4) is 0 Å². The van der Waals surface area contributed by atoms with Crippen molar-refractivity contribution < 1.29 is 4.74 Å². The van der Waals surface area contributed by atoms with Gasteiger partial charge in [-0.2, -0.15) is 0 Å². The van der Waals surface area contributed by atoms with Crippen molar-refractivity contribution in [3.05, 3.63) is 30.1 Å². The van der Waals surface area contributed by atoms with E-state index < -0.39 is 0 Å². The van der Waals surface area contributed by atoms with Crippen LogP contribution in [0.25, 0.3) is 0 Å². The summed E-state index contributed by atoms with van der Waals surface area (Å²) in [6.07, 6.45) is 4.74. The summed E-state index contributed by atoms with van der Waals surface area (Å²) >= 11 is 0. The summed E-state index contributed by atoms with van der Waals surface area (Å²) in [5.41, 5.74) is 7.52. The molecule has 0 aromatic carbocycles. The number of ether oxygens (including phenoxy) is 1. The lowest BCUT2D eigenvalue weighted by molar-refractivity contribution is 0.178. The molecule has 0 aliphatic carbocycles. The van der Waals surface area contributed by atoms with Gasteiger partial charge in [0.25, 0.3) is 0 Å². The van der Waals surface area contributed by atoms with Crippen LogP contribution >= 0.6 is 0 Å². The molecule has 1 saturated heterocycles. The van der Waals surface area contributed by atoms with Gasteiger partial charge < -0.3 is 10.5 Å². The van der Waals surface area contributed by atoms with Crippen molar-refractivity contribution in [3.63, 3.8) is 0 Å². The minimum atomic E-state index is 0.190. The van der Waals surface area contributed by atoms with E-state index in [1.54, 1.807) is 0 Å². The van der Waals surface area contributed by atoms with E-state index in [1.807, 2.05) is 24.5 Å². The maximum absolute atomic E-state index is 6.25. The molecule has 1 aromatic rings. The van der Waals surface area contributed by atoms with Crippen LogP contribution in [0.15, 0.2) is 24.5 Å². The number of nitrogens with zero attached hydrogens (tertiary/aromatic N) is 1. The van der Waals surface area contributed by atoms with Gasteiger partial charge in [0.1, 0.15) is 0 Å². The van der Waals surface area contributed by atoms with E-state index in [4.69, 9.17) is 10.5 Å². The smallest absolute Gasteiger partial charge is 0.0510 e. The van der Waals surface area contributed by atoms with Crippen LogP contribution in [0.4, 0.5) is 0 Å². The third-order valence-corrected chi connectivity index (χ3v) is 3.32. The molecule has 2 N–H and O–H groups in total. The SMILES string of the molecule is CC(c1ccncc1)C(N)C1CCOC1. The Labute approximate surface area is 90.7 Å². The first-order valence-corrected chi connectivity index (χ1v) is 5.52. The molecule has 0 bridgehead atoms. The Morgan fingerprint density at radius 3 is 2.80 bits per heavy atom. The van der Waals surface area contributed by atoms with E-state index in [0.717, 1.165) is 19.6 Å². The van der Waals surface area contributed by atoms with Crippen LogP contribution in [0, 0.1) is 5.92 Å². The van der Waals surface area contributed by atoms with Gasteiger partial charge in [0, 0.05) is 31.0 Å². The molecule has 2 heterocycles. The van der Waals surface area contributed by atoms with E-state index in [1.165, 1.54) is 5.56 Å². The molecular formula is C12H18N2O. The topological polar surface area (TPSA) is 48.1 Å². The minimum absolute atomic E-state index is 0.190. The summed E-state index contributed by atoms with van der Waals surface area (Å²) in [6, 6.07) is 4.27. The summed E-state index contributed by atoms with van der Waals surface area (Å²) in [5.74, 6) is 0.882. The molecule has 2 rings (SSSR count). The van der Waals surface area contributed by atoms with Crippen LogP contribution in [-0.4, -0.2) is 24.2 Å². The molecule has 0 amide bonds. The molecule has 3 heteroatoms. The van der Waals surface area contributed by atoms with Crippen LogP contribution in [0.2, 0.25) is 0 Å². The lowest BCUT2D eigenvalue weighted by Crippen LogP contribution is -2.35. The molecule has 15 heavy (non-hydrogen) atoms. The van der Waals surface area contributed by atoms with Gasteiger partial charge in [0.05, 0.1) is 6.61 Å². The average Bonchev–Trinajstić information content (AvgIpc) is 2.82. The number of pyridine rings is 1. The molecule has 0 saturated carbocycles. The van der Waals surface area contributed by atoms with Gasteiger partial charge in [-0.25, -0.2) is 0 Å². The highest BCUT2D eigenvalue weighted by Gasteiger charge is 2.27. The molecule has 3 atom stereocenters. The Kier molecular flexibility index (Phi) is 3.34. The molecule has 0 spiro atoms. The number of nitrogens with two attached hydrogens (primary N) is 1. The van der Waals surface area contributed by atoms with Crippen molar-refractivity contribution in [1.82, 2.24) is 4.98 Å². The van der Waals surface area contributed by atoms with Gasteiger partial charge in [-0.1, -0.05) is 6.92 Å². The van der Waals surface area contributed by atoms with Crippen molar-refractivity contribution in [2.45, 2.75) is 25.3 Å². The molecule has 1 fully saturated rings. The van der Waals surface area contributed by atoms with Gasteiger partial charge in [0.2, 0.25) is 0 Å². The number of hydrogen-bond donors (Lipinski definition) is 1. The summed E-state index contributed by atoms with van der Waals surface area (Å²) in [6.45, 7) is 3.86. The molecule has 1 aromatic heterocycles. The molecule has 3 nitrogen and oxygen atoms in total. The lowest BCUT2D eigenvalue weighted by Gasteiger charge is -2.24. The summed E-state index contributed by atoms with van der Waals surface area (Å²) in [5, 5.41) is 0. The third-order valence-electron chi connectivity index (χ3n) is 3.32. The number of rotatable bonds is 3. The maximum atomic E-state index is 6.25. The van der Waals surface area contributed by atoms with E-state index >= 15 is 0 Å². The van der Waals surface area contributed by atoms with Crippen molar-refractivity contribution in [2.75, 3.05) is 13.2 Å². The fourth-order valence-electron chi connectivity index (χ4n) is 2.15. The second-order valence-corrected chi connectivity index (χ2v) is 4.27. The number of hydrogen-bond acceptors (Lipinski definition) is 3. The van der Waals surface area contributed by atoms with Crippen molar-refractivity contribution in [2.24, 2.45) is 11.7 Å². The monoisotopic (exact) mass is 206 g/mol. The summed E-state index contributed by atoms with van der Waals surface area (Å²) in [7, 11) is 0. The highest BCUT2D eigenvalue weighted by Crippen LogP contribution is 2.26. The van der Waals surface area contributed by atoms with E-state index in [9.17, 15) is 0 Å². The molecule has 82 valence electrons. The Balaban J connectivity index is 2.03. The Morgan fingerprint density at radius 1 is 1.47 bits per heavy atom.